The van der Waals surface area contributed by atoms with Gasteiger partial charge in [0.1, 0.15) is 0 Å². The Morgan fingerprint density at radius 1 is 0.682 bits per heavy atom. The molecule has 0 saturated carbocycles. The van der Waals surface area contributed by atoms with Crippen LogP contribution >= 0.6 is 0 Å². The molecular formula is C33H40N8O3. The van der Waals surface area contributed by atoms with Gasteiger partial charge in [-0.05, 0) is 93.6 Å². The molecule has 0 radical (unpaired) electrons. The Kier molecular flexibility index (Phi) is 7.53. The first-order valence-electron chi connectivity index (χ1n) is 16.1. The quantitative estimate of drug-likeness (QED) is 0.407. The summed E-state index contributed by atoms with van der Waals surface area (Å²) in [7, 11) is 0. The van der Waals surface area contributed by atoms with Gasteiger partial charge in [0.15, 0.2) is 5.82 Å². The van der Waals surface area contributed by atoms with E-state index in [-0.39, 0.29) is 6.03 Å². The first-order chi connectivity index (χ1) is 21.7. The Morgan fingerprint density at radius 3 is 1.66 bits per heavy atom. The lowest BCUT2D eigenvalue weighted by Crippen LogP contribution is -2.48. The Hall–Kier alpha value is -3.80. The number of carbonyl (C=O) groups excluding carboxylic acids is 1. The number of ether oxygens (including phenoxy) is 2. The molecule has 11 nitrogen and oxygen atoms in total. The van der Waals surface area contributed by atoms with Gasteiger partial charge < -0.3 is 29.9 Å². The summed E-state index contributed by atoms with van der Waals surface area (Å²) in [5.74, 6) is 2.12. The average Bonchev–Trinajstić information content (AvgIpc) is 3.72. The van der Waals surface area contributed by atoms with E-state index < -0.39 is 0 Å². The molecule has 8 rings (SSSR count). The van der Waals surface area contributed by atoms with Gasteiger partial charge in [0.2, 0.25) is 11.9 Å². The number of aromatic nitrogens is 3. The van der Waals surface area contributed by atoms with Crippen LogP contribution in [0.15, 0.2) is 48.5 Å². The number of amides is 2. The average molecular weight is 597 g/mol. The van der Waals surface area contributed by atoms with E-state index in [9.17, 15) is 4.79 Å². The lowest BCUT2D eigenvalue weighted by atomic mass is 10.2. The molecule has 3 aromatic rings. The number of hydrogen-bond donors (Lipinski definition) is 2. The number of anilines is 4. The molecule has 4 atom stereocenters. The molecule has 44 heavy (non-hydrogen) atoms. The number of benzene rings is 2. The fourth-order valence-electron chi connectivity index (χ4n) is 7.51. The first kappa shape index (κ1) is 27.7. The minimum atomic E-state index is -0.277. The Labute approximate surface area is 258 Å². The maximum absolute atomic E-state index is 12.8. The van der Waals surface area contributed by atoms with Crippen LogP contribution < -0.4 is 20.4 Å². The summed E-state index contributed by atoms with van der Waals surface area (Å²) in [6.07, 6.45) is 6.93. The third-order valence-electron chi connectivity index (χ3n) is 9.77. The highest BCUT2D eigenvalue weighted by Crippen LogP contribution is 2.37. The van der Waals surface area contributed by atoms with E-state index in [1.807, 2.05) is 36.4 Å². The van der Waals surface area contributed by atoms with Crippen LogP contribution in [0, 0.1) is 0 Å². The molecular weight excluding hydrogens is 556 g/mol. The van der Waals surface area contributed by atoms with E-state index in [0.717, 1.165) is 55.4 Å². The zero-order valence-electron chi connectivity index (χ0n) is 25.0. The molecule has 4 unspecified atom stereocenters. The number of morpholine rings is 2. The number of hydrogen-bond acceptors (Lipinski definition) is 9. The summed E-state index contributed by atoms with van der Waals surface area (Å²) >= 11 is 0. The molecule has 2 aromatic carbocycles. The van der Waals surface area contributed by atoms with Crippen LogP contribution in [0.5, 0.6) is 0 Å². The number of nitrogens with zero attached hydrogens (tertiary/aromatic N) is 6. The van der Waals surface area contributed by atoms with Crippen LogP contribution in [0.1, 0.15) is 44.1 Å². The lowest BCUT2D eigenvalue weighted by Gasteiger charge is -2.37. The molecule has 230 valence electrons. The van der Waals surface area contributed by atoms with Crippen molar-refractivity contribution >= 4 is 29.3 Å². The Morgan fingerprint density at radius 2 is 1.16 bits per heavy atom. The molecule has 5 aliphatic rings. The molecule has 0 spiro atoms. The minimum Gasteiger partial charge on any atom is -0.377 e. The van der Waals surface area contributed by atoms with Crippen LogP contribution in [-0.4, -0.2) is 89.6 Å². The van der Waals surface area contributed by atoms with Crippen molar-refractivity contribution in [3.63, 3.8) is 0 Å². The highest BCUT2D eigenvalue weighted by molar-refractivity contribution is 5.99. The predicted molar refractivity (Wildman–Crippen MR) is 169 cm³/mol. The molecule has 0 aliphatic carbocycles. The summed E-state index contributed by atoms with van der Waals surface area (Å²) in [5, 5.41) is 5.90. The van der Waals surface area contributed by atoms with Crippen molar-refractivity contribution < 1.29 is 14.3 Å². The first-order valence-corrected chi connectivity index (χ1v) is 16.1. The number of fused-ring (bicyclic) bond motifs is 4. The number of urea groups is 1. The molecule has 2 amide bonds. The van der Waals surface area contributed by atoms with Gasteiger partial charge in [0.25, 0.3) is 0 Å². The number of carbonyl (C=O) groups is 1. The highest BCUT2D eigenvalue weighted by Gasteiger charge is 2.42. The molecule has 5 fully saturated rings. The molecule has 2 N–H and O–H groups in total. The zero-order chi connectivity index (χ0) is 29.5. The molecule has 4 bridgehead atoms. The van der Waals surface area contributed by atoms with E-state index in [1.54, 1.807) is 0 Å². The fourth-order valence-corrected chi connectivity index (χ4v) is 7.51. The van der Waals surface area contributed by atoms with Crippen LogP contribution in [0.3, 0.4) is 0 Å². The molecule has 11 heteroatoms. The van der Waals surface area contributed by atoms with Crippen LogP contribution in [0.4, 0.5) is 28.1 Å². The van der Waals surface area contributed by atoms with Gasteiger partial charge in [-0.15, -0.1) is 0 Å². The fraction of sp³-hybridized carbons (Fsp3) is 0.515. The predicted octanol–water partition coefficient (Wildman–Crippen LogP) is 4.51. The second-order valence-corrected chi connectivity index (χ2v) is 12.8. The van der Waals surface area contributed by atoms with Gasteiger partial charge in [-0.2, -0.15) is 15.0 Å². The summed E-state index contributed by atoms with van der Waals surface area (Å²) < 4.78 is 11.7. The summed E-state index contributed by atoms with van der Waals surface area (Å²) in [5.41, 5.74) is 3.61. The van der Waals surface area contributed by atoms with E-state index in [2.05, 4.69) is 37.5 Å². The van der Waals surface area contributed by atoms with Crippen molar-refractivity contribution in [3.05, 3.63) is 54.1 Å². The van der Waals surface area contributed by atoms with E-state index >= 15 is 0 Å². The number of likely N-dealkylation sites (tertiary alicyclic amines) is 1. The van der Waals surface area contributed by atoms with Gasteiger partial charge in [-0.25, -0.2) is 4.79 Å². The number of nitrogens with one attached hydrogen (secondary N) is 2. The number of rotatable bonds is 7. The Bertz CT molecular complexity index is 1400. The minimum absolute atomic E-state index is 0.277. The van der Waals surface area contributed by atoms with E-state index in [1.165, 1.54) is 31.5 Å². The van der Waals surface area contributed by atoms with Crippen LogP contribution in [0.2, 0.25) is 0 Å². The molecule has 5 saturated heterocycles. The summed E-state index contributed by atoms with van der Waals surface area (Å²) in [4.78, 5) is 35.0. The van der Waals surface area contributed by atoms with E-state index in [4.69, 9.17) is 24.4 Å². The molecule has 1 aromatic heterocycles. The Balaban J connectivity index is 0.986. The molecule has 5 aliphatic heterocycles. The standard InChI is InChI=1S/C33H40N8O3/c42-33(34-24-7-3-22(4-8-24)17-39-15-1-2-16-39)35-25-9-5-23(6-10-25)30-36-31(40-26-11-12-27(40)19-43-18-26)38-32(37-30)41-28-13-14-29(41)21-44-20-28/h3-10,26-29H,1-2,11-21H2,(H2,34,35,42). The molecule has 6 heterocycles. The van der Waals surface area contributed by atoms with Gasteiger partial charge >= 0.3 is 6.03 Å². The van der Waals surface area contributed by atoms with Gasteiger partial charge in [-0.3, -0.25) is 4.90 Å². The normalized spacial score (nSPS) is 26.3. The topological polar surface area (TPSA) is 108 Å². The van der Waals surface area contributed by atoms with E-state index in [0.29, 0.717) is 62.1 Å². The largest absolute Gasteiger partial charge is 0.377 e. The summed E-state index contributed by atoms with van der Waals surface area (Å²) in [6, 6.07) is 16.7. The monoisotopic (exact) mass is 596 g/mol. The zero-order valence-corrected chi connectivity index (χ0v) is 25.0. The van der Waals surface area contributed by atoms with Crippen molar-refractivity contribution in [1.29, 1.82) is 0 Å². The SMILES string of the molecule is O=C(Nc1ccc(CN2CCCC2)cc1)Nc1ccc(-c2nc(N3C4CCC3COC4)nc(N3C4CCC3COC4)n2)cc1. The van der Waals surface area contributed by atoms with Crippen molar-refractivity contribution in [2.75, 3.05) is 60.0 Å². The van der Waals surface area contributed by atoms with Crippen molar-refractivity contribution in [2.45, 2.75) is 69.2 Å². The van der Waals surface area contributed by atoms with Crippen molar-refractivity contribution in [1.82, 2.24) is 19.9 Å². The van der Waals surface area contributed by atoms with Gasteiger partial charge in [0, 0.05) is 23.5 Å². The summed E-state index contributed by atoms with van der Waals surface area (Å²) in [6.45, 7) is 6.13. The smallest absolute Gasteiger partial charge is 0.323 e. The van der Waals surface area contributed by atoms with Gasteiger partial charge in [0.05, 0.1) is 50.6 Å². The van der Waals surface area contributed by atoms with Crippen molar-refractivity contribution in [3.8, 4) is 11.4 Å². The second-order valence-electron chi connectivity index (χ2n) is 12.8. The van der Waals surface area contributed by atoms with Gasteiger partial charge in [-0.1, -0.05) is 12.1 Å². The third-order valence-corrected chi connectivity index (χ3v) is 9.77. The maximum atomic E-state index is 12.8. The lowest BCUT2D eigenvalue weighted by molar-refractivity contribution is 0.0885. The third kappa shape index (κ3) is 5.60. The van der Waals surface area contributed by atoms with Crippen molar-refractivity contribution in [2.24, 2.45) is 0 Å². The second kappa shape index (κ2) is 11.9. The maximum Gasteiger partial charge on any atom is 0.323 e. The highest BCUT2D eigenvalue weighted by atomic mass is 16.5. The van der Waals surface area contributed by atoms with Crippen LogP contribution in [-0.2, 0) is 16.0 Å². The van der Waals surface area contributed by atoms with Crippen LogP contribution in [0.25, 0.3) is 11.4 Å².